The highest BCUT2D eigenvalue weighted by molar-refractivity contribution is 7.11. The molecule has 92 valence electrons. The Bertz CT molecular complexity index is 388. The second-order valence-corrected chi connectivity index (χ2v) is 5.45. The number of aromatic nitrogens is 1. The first kappa shape index (κ1) is 12.3. The molecule has 1 N–H and O–H groups in total. The predicted molar refractivity (Wildman–Crippen MR) is 70.3 cm³/mol. The van der Waals surface area contributed by atoms with Gasteiger partial charge >= 0.3 is 0 Å². The van der Waals surface area contributed by atoms with E-state index in [0.717, 1.165) is 17.8 Å². The summed E-state index contributed by atoms with van der Waals surface area (Å²) in [6, 6.07) is 0. The van der Waals surface area contributed by atoms with Crippen molar-refractivity contribution in [3.63, 3.8) is 0 Å². The average molecular weight is 250 g/mol. The van der Waals surface area contributed by atoms with E-state index in [9.17, 15) is 4.79 Å². The van der Waals surface area contributed by atoms with Crippen LogP contribution in [-0.4, -0.2) is 17.4 Å². The number of thiazole rings is 1. The van der Waals surface area contributed by atoms with Gasteiger partial charge in [-0.15, -0.1) is 11.3 Å². The van der Waals surface area contributed by atoms with Gasteiger partial charge in [0.25, 0.3) is 0 Å². The lowest BCUT2D eigenvalue weighted by Crippen LogP contribution is -2.23. The lowest BCUT2D eigenvalue weighted by atomic mass is 10.2. The van der Waals surface area contributed by atoms with Gasteiger partial charge < -0.3 is 5.32 Å². The second kappa shape index (κ2) is 5.96. The molecule has 1 heterocycles. The van der Waals surface area contributed by atoms with Crippen molar-refractivity contribution in [2.24, 2.45) is 0 Å². The van der Waals surface area contributed by atoms with E-state index in [-0.39, 0.29) is 5.91 Å². The molecule has 1 aliphatic carbocycles. The van der Waals surface area contributed by atoms with E-state index >= 15 is 0 Å². The first-order chi connectivity index (χ1) is 8.29. The molecule has 0 saturated carbocycles. The van der Waals surface area contributed by atoms with Crippen molar-refractivity contribution in [1.82, 2.24) is 10.3 Å². The first-order valence-corrected chi connectivity index (χ1v) is 6.99. The summed E-state index contributed by atoms with van der Waals surface area (Å²) in [6.45, 7) is 4.07. The molecule has 0 aliphatic heterocycles. The molecule has 1 aromatic heterocycles. The number of carbonyl (C=O) groups is 1. The van der Waals surface area contributed by atoms with Crippen molar-refractivity contribution >= 4 is 17.2 Å². The van der Waals surface area contributed by atoms with Gasteiger partial charge in [0.05, 0.1) is 10.7 Å². The molecule has 4 heteroatoms. The molecule has 1 amide bonds. The summed E-state index contributed by atoms with van der Waals surface area (Å²) in [7, 11) is 0. The van der Waals surface area contributed by atoms with E-state index in [2.05, 4.69) is 16.9 Å². The third kappa shape index (κ3) is 3.40. The molecule has 1 aliphatic rings. The molecule has 0 saturated heterocycles. The number of amides is 1. The van der Waals surface area contributed by atoms with Gasteiger partial charge in [0.2, 0.25) is 5.91 Å². The number of hydrogen-bond acceptors (Lipinski definition) is 3. The molecule has 17 heavy (non-hydrogen) atoms. The highest BCUT2D eigenvalue weighted by Gasteiger charge is 2.13. The fraction of sp³-hybridized carbons (Fsp3) is 0.538. The lowest BCUT2D eigenvalue weighted by molar-refractivity contribution is -0.116. The minimum absolute atomic E-state index is 0.108. The van der Waals surface area contributed by atoms with Gasteiger partial charge in [0, 0.05) is 17.8 Å². The van der Waals surface area contributed by atoms with Gasteiger partial charge in [-0.25, -0.2) is 4.98 Å². The largest absolute Gasteiger partial charge is 0.352 e. The molecule has 0 atom stereocenters. The molecule has 0 fully saturated rings. The fourth-order valence-corrected chi connectivity index (χ4v) is 3.21. The van der Waals surface area contributed by atoms with E-state index < -0.39 is 0 Å². The van der Waals surface area contributed by atoms with E-state index in [1.165, 1.54) is 42.3 Å². The Kier molecular flexibility index (Phi) is 4.31. The smallest absolute Gasteiger partial charge is 0.243 e. The van der Waals surface area contributed by atoms with E-state index in [0.29, 0.717) is 6.54 Å². The third-order valence-electron chi connectivity index (χ3n) is 2.96. The Morgan fingerprint density at radius 3 is 3.06 bits per heavy atom. The number of nitrogens with one attached hydrogen (secondary N) is 1. The van der Waals surface area contributed by atoms with Crippen LogP contribution in [0.5, 0.6) is 0 Å². The quantitative estimate of drug-likeness (QED) is 0.658. The van der Waals surface area contributed by atoms with E-state index in [4.69, 9.17) is 0 Å². The van der Waals surface area contributed by atoms with Crippen molar-refractivity contribution in [3.8, 4) is 0 Å². The SMILES string of the molecule is C=CC(=O)NCCc1nc2c(s1)CCCCC2. The zero-order valence-electron chi connectivity index (χ0n) is 10.00. The Morgan fingerprint density at radius 1 is 1.41 bits per heavy atom. The van der Waals surface area contributed by atoms with Crippen LogP contribution in [0.15, 0.2) is 12.7 Å². The maximum absolute atomic E-state index is 11.0. The van der Waals surface area contributed by atoms with Crippen molar-refractivity contribution in [1.29, 1.82) is 0 Å². The maximum Gasteiger partial charge on any atom is 0.243 e. The predicted octanol–water partition coefficient (Wildman–Crippen LogP) is 2.26. The standard InChI is InChI=1S/C13H18N2OS/c1-2-12(16)14-9-8-13-15-10-6-4-3-5-7-11(10)17-13/h2H,1,3-9H2,(H,14,16). The minimum atomic E-state index is -0.108. The van der Waals surface area contributed by atoms with Crippen LogP contribution < -0.4 is 5.32 Å². The molecule has 0 unspecified atom stereocenters. The molecular formula is C13H18N2OS. The van der Waals surface area contributed by atoms with Crippen LogP contribution in [0.4, 0.5) is 0 Å². The summed E-state index contributed by atoms with van der Waals surface area (Å²) in [6.07, 6.45) is 8.34. The van der Waals surface area contributed by atoms with Crippen molar-refractivity contribution in [3.05, 3.63) is 28.2 Å². The minimum Gasteiger partial charge on any atom is -0.352 e. The lowest BCUT2D eigenvalue weighted by Gasteiger charge is -1.98. The van der Waals surface area contributed by atoms with Gasteiger partial charge in [-0.2, -0.15) is 0 Å². The summed E-state index contributed by atoms with van der Waals surface area (Å²) in [5.41, 5.74) is 1.30. The summed E-state index contributed by atoms with van der Waals surface area (Å²) in [5.74, 6) is -0.108. The van der Waals surface area contributed by atoms with Crippen LogP contribution in [-0.2, 0) is 24.1 Å². The number of fused-ring (bicyclic) bond motifs is 1. The maximum atomic E-state index is 11.0. The molecule has 0 bridgehead atoms. The normalized spacial score (nSPS) is 14.8. The Morgan fingerprint density at radius 2 is 2.24 bits per heavy atom. The van der Waals surface area contributed by atoms with Gasteiger partial charge in [0.1, 0.15) is 0 Å². The molecular weight excluding hydrogens is 232 g/mol. The highest BCUT2D eigenvalue weighted by atomic mass is 32.1. The molecule has 3 nitrogen and oxygen atoms in total. The first-order valence-electron chi connectivity index (χ1n) is 6.17. The van der Waals surface area contributed by atoms with Crippen molar-refractivity contribution < 1.29 is 4.79 Å². The van der Waals surface area contributed by atoms with Gasteiger partial charge in [0.15, 0.2) is 0 Å². The van der Waals surface area contributed by atoms with Crippen LogP contribution in [0, 0.1) is 0 Å². The summed E-state index contributed by atoms with van der Waals surface area (Å²) >= 11 is 1.82. The van der Waals surface area contributed by atoms with Crippen molar-refractivity contribution in [2.75, 3.05) is 6.54 Å². The summed E-state index contributed by atoms with van der Waals surface area (Å²) in [5, 5.41) is 3.94. The summed E-state index contributed by atoms with van der Waals surface area (Å²) < 4.78 is 0. The molecule has 1 aromatic rings. The molecule has 0 spiro atoms. The number of carbonyl (C=O) groups excluding carboxylic acids is 1. The van der Waals surface area contributed by atoms with Crippen molar-refractivity contribution in [2.45, 2.75) is 38.5 Å². The van der Waals surface area contributed by atoms with Gasteiger partial charge in [-0.1, -0.05) is 13.0 Å². The highest BCUT2D eigenvalue weighted by Crippen LogP contribution is 2.26. The van der Waals surface area contributed by atoms with Crippen LogP contribution in [0.1, 0.15) is 34.8 Å². The van der Waals surface area contributed by atoms with E-state index in [1.54, 1.807) is 0 Å². The number of aryl methyl sites for hydroxylation is 2. The number of nitrogens with zero attached hydrogens (tertiary/aromatic N) is 1. The molecule has 0 aromatic carbocycles. The van der Waals surface area contributed by atoms with Crippen LogP contribution in [0.2, 0.25) is 0 Å². The number of hydrogen-bond donors (Lipinski definition) is 1. The molecule has 2 rings (SSSR count). The van der Waals surface area contributed by atoms with Crippen LogP contribution in [0.3, 0.4) is 0 Å². The monoisotopic (exact) mass is 250 g/mol. The molecule has 0 radical (unpaired) electrons. The zero-order chi connectivity index (χ0) is 12.1. The average Bonchev–Trinajstić information content (AvgIpc) is 2.59. The summed E-state index contributed by atoms with van der Waals surface area (Å²) in [4.78, 5) is 17.1. The zero-order valence-corrected chi connectivity index (χ0v) is 10.8. The van der Waals surface area contributed by atoms with Gasteiger partial charge in [-0.3, -0.25) is 4.79 Å². The Hall–Kier alpha value is -1.16. The number of rotatable bonds is 4. The third-order valence-corrected chi connectivity index (χ3v) is 4.18. The van der Waals surface area contributed by atoms with Gasteiger partial charge in [-0.05, 0) is 31.8 Å². The Balaban J connectivity index is 1.89. The van der Waals surface area contributed by atoms with E-state index in [1.807, 2.05) is 11.3 Å². The van der Waals surface area contributed by atoms with Crippen LogP contribution in [0.25, 0.3) is 0 Å². The Labute approximate surface area is 106 Å². The second-order valence-electron chi connectivity index (χ2n) is 4.28. The van der Waals surface area contributed by atoms with Crippen LogP contribution >= 0.6 is 11.3 Å². The topological polar surface area (TPSA) is 42.0 Å². The fourth-order valence-electron chi connectivity index (χ4n) is 2.05.